The number of hydrogen-bond donors (Lipinski definition) is 1. The maximum atomic E-state index is 12.9. The summed E-state index contributed by atoms with van der Waals surface area (Å²) in [6, 6.07) is 10.8. The summed E-state index contributed by atoms with van der Waals surface area (Å²) in [6.45, 7) is 1.91. The Balaban J connectivity index is 1.81. The highest BCUT2D eigenvalue weighted by Crippen LogP contribution is 2.26. The minimum Gasteiger partial charge on any atom is -0.327 e. The molecule has 1 aliphatic heterocycles. The van der Waals surface area contributed by atoms with Crippen molar-refractivity contribution in [3.05, 3.63) is 63.6 Å². The molecule has 1 aliphatic rings. The molecule has 2 amide bonds. The largest absolute Gasteiger partial charge is 0.327 e. The van der Waals surface area contributed by atoms with Gasteiger partial charge in [-0.05, 0) is 50.1 Å². The Labute approximate surface area is 167 Å². The fourth-order valence-electron chi connectivity index (χ4n) is 3.24. The molecule has 1 saturated heterocycles. The molecule has 0 saturated carbocycles. The van der Waals surface area contributed by atoms with Crippen LogP contribution in [0.25, 0.3) is 0 Å². The first-order chi connectivity index (χ1) is 12.9. The van der Waals surface area contributed by atoms with E-state index < -0.39 is 6.04 Å². The zero-order valence-corrected chi connectivity index (χ0v) is 16.2. The molecule has 27 heavy (non-hydrogen) atoms. The molecule has 2 aromatic rings. The first kappa shape index (κ1) is 19.4. The normalized spacial score (nSPS) is 16.3. The number of amides is 2. The van der Waals surface area contributed by atoms with Crippen molar-refractivity contribution in [1.29, 1.82) is 0 Å². The number of rotatable bonds is 4. The summed E-state index contributed by atoms with van der Waals surface area (Å²) in [5.41, 5.74) is 1.22. The zero-order valence-electron chi connectivity index (χ0n) is 14.7. The number of anilines is 1. The molecular formula is C20H18Cl2N2O3. The number of likely N-dealkylation sites (tertiary alicyclic amines) is 1. The summed E-state index contributed by atoms with van der Waals surface area (Å²) in [5.74, 6) is -0.751. The van der Waals surface area contributed by atoms with E-state index in [9.17, 15) is 14.4 Å². The number of hydrogen-bond acceptors (Lipinski definition) is 3. The maximum Gasteiger partial charge on any atom is 0.254 e. The fraction of sp³-hybridized carbons (Fsp3) is 0.250. The van der Waals surface area contributed by atoms with E-state index in [1.54, 1.807) is 30.3 Å². The Morgan fingerprint density at radius 1 is 1.07 bits per heavy atom. The third-order valence-electron chi connectivity index (χ3n) is 4.49. The lowest BCUT2D eigenvalue weighted by atomic mass is 10.1. The van der Waals surface area contributed by atoms with Crippen molar-refractivity contribution in [2.45, 2.75) is 25.8 Å². The number of nitrogens with zero attached hydrogens (tertiary/aromatic N) is 1. The Hall–Kier alpha value is -2.37. The van der Waals surface area contributed by atoms with Crippen LogP contribution in [0.15, 0.2) is 42.5 Å². The molecule has 1 heterocycles. The molecule has 0 bridgehead atoms. The van der Waals surface area contributed by atoms with Crippen LogP contribution in [0.5, 0.6) is 0 Å². The molecule has 5 nitrogen and oxygen atoms in total. The summed E-state index contributed by atoms with van der Waals surface area (Å²) < 4.78 is 0. The molecule has 0 aliphatic carbocycles. The van der Waals surface area contributed by atoms with Gasteiger partial charge in [0.1, 0.15) is 6.04 Å². The van der Waals surface area contributed by atoms with Gasteiger partial charge in [0.15, 0.2) is 5.78 Å². The van der Waals surface area contributed by atoms with Gasteiger partial charge < -0.3 is 10.2 Å². The van der Waals surface area contributed by atoms with E-state index in [-0.39, 0.29) is 17.6 Å². The molecule has 1 fully saturated rings. The minimum atomic E-state index is -0.615. The van der Waals surface area contributed by atoms with Gasteiger partial charge in [-0.1, -0.05) is 35.3 Å². The minimum absolute atomic E-state index is 0.140. The Bertz CT molecular complexity index is 894. The van der Waals surface area contributed by atoms with Gasteiger partial charge in [0.05, 0.1) is 5.69 Å². The zero-order chi connectivity index (χ0) is 19.6. The molecule has 2 aromatic carbocycles. The Morgan fingerprint density at radius 3 is 2.41 bits per heavy atom. The lowest BCUT2D eigenvalue weighted by molar-refractivity contribution is -0.119. The number of ketones is 1. The summed E-state index contributed by atoms with van der Waals surface area (Å²) in [5, 5.41) is 3.51. The molecule has 0 spiro atoms. The van der Waals surface area contributed by atoms with Gasteiger partial charge >= 0.3 is 0 Å². The van der Waals surface area contributed by atoms with Crippen LogP contribution < -0.4 is 5.32 Å². The number of carbonyl (C=O) groups excluding carboxylic acids is 3. The fourth-order valence-corrected chi connectivity index (χ4v) is 3.77. The van der Waals surface area contributed by atoms with E-state index in [4.69, 9.17) is 23.2 Å². The standard InChI is InChI=1S/C20H18Cl2N2O3/c1-12(25)16-5-2-3-6-17(16)23-19(26)18-7-4-8-24(18)20(27)13-9-14(21)11-15(22)10-13/h2-3,5-6,9-11,18H,4,7-8H2,1H3,(H,23,26). The second kappa shape index (κ2) is 8.11. The van der Waals surface area contributed by atoms with Gasteiger partial charge in [0.25, 0.3) is 5.91 Å². The summed E-state index contributed by atoms with van der Waals surface area (Å²) in [7, 11) is 0. The van der Waals surface area contributed by atoms with Crippen molar-refractivity contribution in [1.82, 2.24) is 4.90 Å². The SMILES string of the molecule is CC(=O)c1ccccc1NC(=O)C1CCCN1C(=O)c1cc(Cl)cc(Cl)c1. The molecule has 0 radical (unpaired) electrons. The highest BCUT2D eigenvalue weighted by atomic mass is 35.5. The first-order valence-corrected chi connectivity index (χ1v) is 9.30. The van der Waals surface area contributed by atoms with Crippen LogP contribution in [0, 0.1) is 0 Å². The third kappa shape index (κ3) is 4.31. The van der Waals surface area contributed by atoms with Crippen LogP contribution in [-0.2, 0) is 4.79 Å². The Morgan fingerprint density at radius 2 is 1.74 bits per heavy atom. The number of benzene rings is 2. The first-order valence-electron chi connectivity index (χ1n) is 8.54. The van der Waals surface area contributed by atoms with Crippen LogP contribution in [-0.4, -0.2) is 35.1 Å². The van der Waals surface area contributed by atoms with E-state index in [0.29, 0.717) is 46.2 Å². The van der Waals surface area contributed by atoms with E-state index in [1.165, 1.54) is 24.0 Å². The monoisotopic (exact) mass is 404 g/mol. The third-order valence-corrected chi connectivity index (χ3v) is 4.93. The lowest BCUT2D eigenvalue weighted by Crippen LogP contribution is -2.43. The van der Waals surface area contributed by atoms with Gasteiger partial charge in [-0.15, -0.1) is 0 Å². The van der Waals surface area contributed by atoms with Gasteiger partial charge in [0.2, 0.25) is 5.91 Å². The average molecular weight is 405 g/mol. The number of para-hydroxylation sites is 1. The van der Waals surface area contributed by atoms with Gasteiger partial charge in [-0.25, -0.2) is 0 Å². The van der Waals surface area contributed by atoms with E-state index in [1.807, 2.05) is 0 Å². The molecule has 7 heteroatoms. The van der Waals surface area contributed by atoms with Gasteiger partial charge in [0, 0.05) is 27.7 Å². The lowest BCUT2D eigenvalue weighted by Gasteiger charge is -2.24. The number of halogens is 2. The second-order valence-electron chi connectivity index (χ2n) is 6.41. The molecular weight excluding hydrogens is 387 g/mol. The average Bonchev–Trinajstić information content (AvgIpc) is 3.10. The van der Waals surface area contributed by atoms with Crippen molar-refractivity contribution >= 4 is 46.5 Å². The highest BCUT2D eigenvalue weighted by Gasteiger charge is 2.35. The Kier molecular flexibility index (Phi) is 5.82. The van der Waals surface area contributed by atoms with Gasteiger partial charge in [-0.3, -0.25) is 14.4 Å². The van der Waals surface area contributed by atoms with Crippen LogP contribution in [0.3, 0.4) is 0 Å². The van der Waals surface area contributed by atoms with Crippen molar-refractivity contribution in [2.24, 2.45) is 0 Å². The number of nitrogens with one attached hydrogen (secondary N) is 1. The van der Waals surface area contributed by atoms with Crippen LogP contribution >= 0.6 is 23.2 Å². The van der Waals surface area contributed by atoms with Crippen molar-refractivity contribution in [3.63, 3.8) is 0 Å². The van der Waals surface area contributed by atoms with Crippen molar-refractivity contribution in [3.8, 4) is 0 Å². The number of Topliss-reactive ketones (excluding diaryl/α,β-unsaturated/α-hetero) is 1. The van der Waals surface area contributed by atoms with Crippen LogP contribution in [0.1, 0.15) is 40.5 Å². The predicted octanol–water partition coefficient (Wildman–Crippen LogP) is 4.44. The smallest absolute Gasteiger partial charge is 0.254 e. The van der Waals surface area contributed by atoms with Crippen molar-refractivity contribution in [2.75, 3.05) is 11.9 Å². The van der Waals surface area contributed by atoms with Gasteiger partial charge in [-0.2, -0.15) is 0 Å². The topological polar surface area (TPSA) is 66.5 Å². The summed E-state index contributed by atoms with van der Waals surface area (Å²) in [4.78, 5) is 38.9. The van der Waals surface area contributed by atoms with E-state index >= 15 is 0 Å². The quantitative estimate of drug-likeness (QED) is 0.765. The predicted molar refractivity (Wildman–Crippen MR) is 106 cm³/mol. The highest BCUT2D eigenvalue weighted by molar-refractivity contribution is 6.35. The van der Waals surface area contributed by atoms with E-state index in [0.717, 1.165) is 0 Å². The maximum absolute atomic E-state index is 12.9. The van der Waals surface area contributed by atoms with Crippen molar-refractivity contribution < 1.29 is 14.4 Å². The van der Waals surface area contributed by atoms with Crippen LogP contribution in [0.2, 0.25) is 10.0 Å². The molecule has 3 rings (SSSR count). The molecule has 1 atom stereocenters. The summed E-state index contributed by atoms with van der Waals surface area (Å²) >= 11 is 12.0. The molecule has 1 unspecified atom stereocenters. The molecule has 0 aromatic heterocycles. The number of carbonyl (C=O) groups is 3. The van der Waals surface area contributed by atoms with E-state index in [2.05, 4.69) is 5.32 Å². The molecule has 1 N–H and O–H groups in total. The molecule has 140 valence electrons. The van der Waals surface area contributed by atoms with Crippen LogP contribution in [0.4, 0.5) is 5.69 Å². The second-order valence-corrected chi connectivity index (χ2v) is 7.28. The summed E-state index contributed by atoms with van der Waals surface area (Å²) in [6.07, 6.45) is 1.26.